The third-order valence-corrected chi connectivity index (χ3v) is 1.91. The van der Waals surface area contributed by atoms with Crippen molar-refractivity contribution in [2.75, 3.05) is 0 Å². The minimum Gasteiger partial charge on any atom is -1.00 e. The van der Waals surface area contributed by atoms with Gasteiger partial charge in [-0.1, -0.05) is 0 Å². The summed E-state index contributed by atoms with van der Waals surface area (Å²) in [6.45, 7) is 0. The van der Waals surface area contributed by atoms with Crippen molar-refractivity contribution in [3.63, 3.8) is 0 Å². The molecule has 0 spiro atoms. The summed E-state index contributed by atoms with van der Waals surface area (Å²) in [6.07, 6.45) is 0. The van der Waals surface area contributed by atoms with Crippen LogP contribution in [0.25, 0.3) is 0 Å². The molecule has 0 bridgehead atoms. The molecule has 0 aromatic heterocycles. The molecule has 0 aliphatic rings. The number of hydrogen-bond acceptors (Lipinski definition) is 4. The molecule has 0 aliphatic carbocycles. The smallest absolute Gasteiger partial charge is 1.00 e. The van der Waals surface area contributed by atoms with Crippen LogP contribution in [0.5, 0.6) is 0 Å². The zero-order valence-electron chi connectivity index (χ0n) is 7.32. The van der Waals surface area contributed by atoms with Crippen molar-refractivity contribution >= 4 is 38.7 Å². The van der Waals surface area contributed by atoms with Crippen molar-refractivity contribution in [3.05, 3.63) is 0 Å². The van der Waals surface area contributed by atoms with Gasteiger partial charge in [-0.25, -0.2) is 9.13 Å². The number of phosphoric acid groups is 2. The molecular weight excluding hydrogens is 212 g/mol. The van der Waals surface area contributed by atoms with Crippen molar-refractivity contribution in [1.29, 1.82) is 0 Å². The Bertz CT molecular complexity index is 165. The van der Waals surface area contributed by atoms with Crippen LogP contribution in [0.3, 0.4) is 0 Å². The monoisotopic (exact) mass is 221 g/mol. The normalized spacial score (nSPS) is 11.3. The van der Waals surface area contributed by atoms with E-state index in [0.29, 0.717) is 0 Å². The maximum Gasteiger partial charge on any atom is 2.00 e. The standard InChI is InChI=1S/Mg.H3N.H4O7P2.2H/c;;1-8(2,3)7-9(4,5)6;;/h;1H3;(H2,1,2,3)(H2,4,5,6);;/q+2;;;2*-1. The van der Waals surface area contributed by atoms with E-state index in [2.05, 4.69) is 4.31 Å². The summed E-state index contributed by atoms with van der Waals surface area (Å²) in [4.78, 5) is 31.0. The topological polar surface area (TPSA) is 159 Å². The van der Waals surface area contributed by atoms with Gasteiger partial charge in [-0.2, -0.15) is 4.31 Å². The SMILES string of the molecule is N.O=P(O)(O)OP(=O)(O)O.[H-].[H-].[Mg+2]. The average Bonchev–Trinajstić information content (AvgIpc) is 1.14. The Balaban J connectivity index is -0.0000000533. The second-order valence-corrected chi connectivity index (χ2v) is 3.68. The van der Waals surface area contributed by atoms with Crippen LogP contribution < -0.4 is 6.15 Å². The molecule has 0 radical (unpaired) electrons. The van der Waals surface area contributed by atoms with E-state index in [1.54, 1.807) is 0 Å². The number of hydrogen-bond donors (Lipinski definition) is 5. The molecular formula is H9MgNO7P2. The largest absolute Gasteiger partial charge is 2.00 e. The molecule has 11 heteroatoms. The van der Waals surface area contributed by atoms with E-state index in [4.69, 9.17) is 19.6 Å². The zero-order chi connectivity index (χ0) is 7.71. The molecule has 0 rings (SSSR count). The Morgan fingerprint density at radius 2 is 1.18 bits per heavy atom. The average molecular weight is 221 g/mol. The van der Waals surface area contributed by atoms with E-state index in [9.17, 15) is 9.13 Å². The van der Waals surface area contributed by atoms with E-state index in [1.165, 1.54) is 0 Å². The Hall–Kier alpha value is 0.986. The van der Waals surface area contributed by atoms with Crippen molar-refractivity contribution in [2.45, 2.75) is 0 Å². The van der Waals surface area contributed by atoms with Crippen molar-refractivity contribution < 1.29 is 35.9 Å². The number of rotatable bonds is 2. The zero-order valence-corrected chi connectivity index (χ0v) is 8.53. The summed E-state index contributed by atoms with van der Waals surface area (Å²) < 4.78 is 22.2. The van der Waals surface area contributed by atoms with Crippen LogP contribution >= 0.6 is 15.6 Å². The van der Waals surface area contributed by atoms with Gasteiger partial charge in [0.2, 0.25) is 0 Å². The van der Waals surface area contributed by atoms with Gasteiger partial charge in [-0.3, -0.25) is 0 Å². The fourth-order valence-electron chi connectivity index (χ4n) is 0.139. The van der Waals surface area contributed by atoms with Gasteiger partial charge in [0.25, 0.3) is 0 Å². The van der Waals surface area contributed by atoms with E-state index in [-0.39, 0.29) is 32.1 Å². The molecule has 8 nitrogen and oxygen atoms in total. The molecule has 0 aromatic rings. The first kappa shape index (κ1) is 17.9. The maximum absolute atomic E-state index is 9.63. The summed E-state index contributed by atoms with van der Waals surface area (Å²) in [5.74, 6) is 0. The van der Waals surface area contributed by atoms with Crippen LogP contribution in [0.4, 0.5) is 0 Å². The van der Waals surface area contributed by atoms with Crippen LogP contribution in [0.15, 0.2) is 0 Å². The first-order valence-electron chi connectivity index (χ1n) is 1.53. The summed E-state index contributed by atoms with van der Waals surface area (Å²) in [7, 11) is -10.1. The van der Waals surface area contributed by atoms with Gasteiger partial charge >= 0.3 is 38.7 Å². The van der Waals surface area contributed by atoms with Crippen LogP contribution in [0, 0.1) is 0 Å². The van der Waals surface area contributed by atoms with Gasteiger partial charge in [0.05, 0.1) is 0 Å². The molecule has 11 heavy (non-hydrogen) atoms. The van der Waals surface area contributed by atoms with Gasteiger partial charge in [-0.05, 0) is 0 Å². The van der Waals surface area contributed by atoms with Gasteiger partial charge in [0.1, 0.15) is 0 Å². The Labute approximate surface area is 81.1 Å². The fraction of sp³-hybridized carbons (Fsp3) is 0. The quantitative estimate of drug-likeness (QED) is 0.299. The summed E-state index contributed by atoms with van der Waals surface area (Å²) in [5.41, 5.74) is 0. The Morgan fingerprint density at radius 3 is 1.18 bits per heavy atom. The Morgan fingerprint density at radius 1 is 1.00 bits per heavy atom. The predicted molar refractivity (Wildman–Crippen MR) is 38.2 cm³/mol. The molecule has 0 aromatic carbocycles. The minimum absolute atomic E-state index is 0. The molecule has 0 atom stereocenters. The van der Waals surface area contributed by atoms with E-state index in [1.807, 2.05) is 0 Å². The second-order valence-electron chi connectivity index (χ2n) is 1.06. The molecule has 68 valence electrons. The molecule has 0 saturated heterocycles. The summed E-state index contributed by atoms with van der Waals surface area (Å²) >= 11 is 0. The first-order chi connectivity index (χ1) is 3.71. The molecule has 0 unspecified atom stereocenters. The molecule has 0 saturated carbocycles. The molecule has 7 N–H and O–H groups in total. The van der Waals surface area contributed by atoms with E-state index < -0.39 is 15.6 Å². The predicted octanol–water partition coefficient (Wildman–Crippen LogP) is -0.805. The maximum atomic E-state index is 9.63. The Kier molecular flexibility index (Phi) is 9.12. The van der Waals surface area contributed by atoms with Gasteiger partial charge in [-0.15, -0.1) is 0 Å². The molecule has 0 amide bonds. The van der Waals surface area contributed by atoms with Crippen LogP contribution in [-0.4, -0.2) is 42.6 Å². The third kappa shape index (κ3) is 18.2. The van der Waals surface area contributed by atoms with Crippen LogP contribution in [0.1, 0.15) is 2.85 Å². The second kappa shape index (κ2) is 5.60. The molecule has 0 heterocycles. The minimum atomic E-state index is -5.05. The van der Waals surface area contributed by atoms with Gasteiger partial charge in [0, 0.05) is 0 Å². The summed E-state index contributed by atoms with van der Waals surface area (Å²) in [5, 5.41) is 0. The summed E-state index contributed by atoms with van der Waals surface area (Å²) in [6, 6.07) is 0. The van der Waals surface area contributed by atoms with E-state index in [0.717, 1.165) is 0 Å². The van der Waals surface area contributed by atoms with E-state index >= 15 is 0 Å². The first-order valence-corrected chi connectivity index (χ1v) is 4.59. The van der Waals surface area contributed by atoms with Crippen LogP contribution in [0.2, 0.25) is 0 Å². The van der Waals surface area contributed by atoms with Gasteiger partial charge in [0.15, 0.2) is 0 Å². The third-order valence-electron chi connectivity index (χ3n) is 0.213. The van der Waals surface area contributed by atoms with Crippen LogP contribution in [-0.2, 0) is 13.4 Å². The van der Waals surface area contributed by atoms with Crippen molar-refractivity contribution in [1.82, 2.24) is 6.15 Å². The van der Waals surface area contributed by atoms with Crippen molar-refractivity contribution in [2.24, 2.45) is 0 Å². The fourth-order valence-corrected chi connectivity index (χ4v) is 1.25. The van der Waals surface area contributed by atoms with Crippen molar-refractivity contribution in [3.8, 4) is 0 Å². The van der Waals surface area contributed by atoms with Gasteiger partial charge < -0.3 is 28.6 Å². The molecule has 0 aliphatic heterocycles. The molecule has 0 fully saturated rings.